The zero-order valence-corrected chi connectivity index (χ0v) is 15.2. The van der Waals surface area contributed by atoms with Gasteiger partial charge in [0.25, 0.3) is 0 Å². The third-order valence-corrected chi connectivity index (χ3v) is 5.00. The van der Waals surface area contributed by atoms with Crippen molar-refractivity contribution in [2.75, 3.05) is 0 Å². The number of alkyl halides is 2. The number of carbonyl (C=O) groups is 3. The van der Waals surface area contributed by atoms with Crippen LogP contribution in [0.25, 0.3) is 0 Å². The van der Waals surface area contributed by atoms with Gasteiger partial charge in [-0.25, -0.2) is 0 Å². The molecule has 0 bridgehead atoms. The number of hydrogen-bond acceptors (Lipinski definition) is 4. The van der Waals surface area contributed by atoms with Crippen LogP contribution in [0, 0.1) is 11.8 Å². The maximum absolute atomic E-state index is 14.4. The summed E-state index contributed by atoms with van der Waals surface area (Å²) in [6.07, 6.45) is -8.68. The topological polar surface area (TPSA) is 91.7 Å². The molecule has 27 heavy (non-hydrogen) atoms. The lowest BCUT2D eigenvalue weighted by molar-refractivity contribution is -0.144. The molecule has 1 aliphatic carbocycles. The van der Waals surface area contributed by atoms with E-state index < -0.39 is 68.1 Å². The second-order valence-electron chi connectivity index (χ2n) is 7.00. The number of aliphatic hydroxyl groups is 1. The summed E-state index contributed by atoms with van der Waals surface area (Å²) in [7, 11) is 0. The molecule has 0 aliphatic heterocycles. The number of carboxylic acid groups (broad SMARTS) is 1. The fourth-order valence-corrected chi connectivity index (χ4v) is 3.51. The second kappa shape index (κ2) is 11.5. The molecule has 7 heteroatoms. The smallest absolute Gasteiger partial charge is 0.305 e. The van der Waals surface area contributed by atoms with Crippen LogP contribution in [-0.2, 0) is 14.4 Å². The van der Waals surface area contributed by atoms with Gasteiger partial charge < -0.3 is 10.2 Å². The third kappa shape index (κ3) is 8.03. The monoisotopic (exact) mass is 397 g/mol. The minimum Gasteiger partial charge on any atom is -0.481 e. The van der Waals surface area contributed by atoms with Crippen molar-refractivity contribution in [3.63, 3.8) is 0 Å². The highest BCUT2D eigenvalue weighted by Gasteiger charge is 2.43. The summed E-state index contributed by atoms with van der Waals surface area (Å²) in [5, 5.41) is 18.8. The lowest BCUT2D eigenvalue weighted by Gasteiger charge is -2.22. The van der Waals surface area contributed by atoms with Gasteiger partial charge in [-0.15, -0.1) is 0 Å². The molecule has 1 fully saturated rings. The molecule has 0 spiro atoms. The Kier molecular flexibility index (Phi) is 6.20. The van der Waals surface area contributed by atoms with Crippen molar-refractivity contribution in [1.29, 1.82) is 0 Å². The molecule has 0 radical (unpaired) electrons. The number of rotatable bonds is 14. The summed E-state index contributed by atoms with van der Waals surface area (Å²) >= 11 is 0. The van der Waals surface area contributed by atoms with Crippen LogP contribution in [-0.4, -0.2) is 39.8 Å². The predicted molar refractivity (Wildman–Crippen MR) is 96.7 cm³/mol. The summed E-state index contributed by atoms with van der Waals surface area (Å²) in [4.78, 5) is 34.9. The standard InChI is InChI=1S/C20H32F2O5/c1-2-3-12-20(21,22)18(25)11-10-15-14(16(23)13-17(15)24)8-6-4-5-7-9-19(26)27/h14-15,17,24H,2-13H2,1H3,(H,26,27)/t14-,15-,17-/m1/s1/i1D3,2D2,3D2. The van der Waals surface area contributed by atoms with Gasteiger partial charge in [0.1, 0.15) is 5.78 Å². The number of carboxylic acids is 1. The lowest BCUT2D eigenvalue weighted by atomic mass is 9.85. The highest BCUT2D eigenvalue weighted by molar-refractivity contribution is 5.86. The van der Waals surface area contributed by atoms with Crippen LogP contribution in [0.3, 0.4) is 0 Å². The summed E-state index contributed by atoms with van der Waals surface area (Å²) in [6, 6.07) is 0. The van der Waals surface area contributed by atoms with E-state index in [9.17, 15) is 28.3 Å². The molecule has 0 aromatic carbocycles. The number of Topliss-reactive ketones (excluding diaryl/α,β-unsaturated/α-hetero) is 2. The minimum absolute atomic E-state index is 0.0336. The van der Waals surface area contributed by atoms with Crippen molar-refractivity contribution >= 4 is 17.5 Å². The first kappa shape index (κ1) is 14.6. The molecule has 0 saturated heterocycles. The SMILES string of the molecule is [2H]C([2H])([2H])C([2H])([2H])C([2H])([2H])CC(F)(F)C(=O)CC[C@H]1[C@H](O)CC(=O)[C@@H]1CCCCCCC(=O)O. The first-order chi connectivity index (χ1) is 15.3. The molecule has 5 nitrogen and oxygen atoms in total. The maximum atomic E-state index is 14.4. The van der Waals surface area contributed by atoms with Gasteiger partial charge in [-0.05, 0) is 31.6 Å². The van der Waals surface area contributed by atoms with E-state index in [4.69, 9.17) is 14.7 Å². The molecule has 156 valence electrons. The van der Waals surface area contributed by atoms with E-state index in [0.29, 0.717) is 32.1 Å². The quantitative estimate of drug-likeness (QED) is 0.430. The molecule has 0 aromatic rings. The maximum Gasteiger partial charge on any atom is 0.305 e. The largest absolute Gasteiger partial charge is 0.481 e. The number of ketones is 2. The Labute approximate surface area is 169 Å². The molecule has 1 saturated carbocycles. The summed E-state index contributed by atoms with van der Waals surface area (Å²) in [5.41, 5.74) is 0. The average molecular weight is 398 g/mol. The van der Waals surface area contributed by atoms with E-state index >= 15 is 0 Å². The van der Waals surface area contributed by atoms with E-state index in [-0.39, 0.29) is 25.0 Å². The molecule has 2 N–H and O–H groups in total. The summed E-state index contributed by atoms with van der Waals surface area (Å²) < 4.78 is 80.1. The van der Waals surface area contributed by atoms with Gasteiger partial charge in [0.15, 0.2) is 0 Å². The third-order valence-electron chi connectivity index (χ3n) is 5.00. The summed E-state index contributed by atoms with van der Waals surface area (Å²) in [6.45, 7) is -3.52. The van der Waals surface area contributed by atoms with Crippen molar-refractivity contribution in [3.05, 3.63) is 0 Å². The first-order valence-electron chi connectivity index (χ1n) is 12.7. The Morgan fingerprint density at radius 1 is 1.22 bits per heavy atom. The normalized spacial score (nSPS) is 28.3. The minimum atomic E-state index is -4.34. The van der Waals surface area contributed by atoms with Crippen LogP contribution < -0.4 is 0 Å². The molecule has 0 heterocycles. The molecule has 0 amide bonds. The Bertz CT molecular complexity index is 743. The Hall–Kier alpha value is -1.37. The van der Waals surface area contributed by atoms with Crippen LogP contribution in [0.5, 0.6) is 0 Å². The Morgan fingerprint density at radius 3 is 2.59 bits per heavy atom. The van der Waals surface area contributed by atoms with Crippen LogP contribution in [0.2, 0.25) is 0 Å². The van der Waals surface area contributed by atoms with Crippen LogP contribution in [0.4, 0.5) is 8.78 Å². The zero-order chi connectivity index (χ0) is 26.5. The van der Waals surface area contributed by atoms with Gasteiger partial charge in [0.2, 0.25) is 5.78 Å². The predicted octanol–water partition coefficient (Wildman–Crippen LogP) is 4.15. The number of halogens is 2. The van der Waals surface area contributed by atoms with Crippen molar-refractivity contribution in [3.8, 4) is 0 Å². The van der Waals surface area contributed by atoms with E-state index in [1.165, 1.54) is 0 Å². The molecule has 0 aromatic heterocycles. The molecule has 3 atom stereocenters. The van der Waals surface area contributed by atoms with Gasteiger partial charge in [-0.1, -0.05) is 32.5 Å². The van der Waals surface area contributed by atoms with Gasteiger partial charge in [0.05, 0.1) is 6.10 Å². The fourth-order valence-electron chi connectivity index (χ4n) is 3.51. The fraction of sp³-hybridized carbons (Fsp3) is 0.850. The Balaban J connectivity index is 2.71. The molecule has 1 aliphatic rings. The summed E-state index contributed by atoms with van der Waals surface area (Å²) in [5.74, 6) is -8.57. The van der Waals surface area contributed by atoms with Crippen LogP contribution in [0.1, 0.15) is 93.4 Å². The van der Waals surface area contributed by atoms with Crippen molar-refractivity contribution in [2.24, 2.45) is 11.8 Å². The van der Waals surface area contributed by atoms with Crippen LogP contribution >= 0.6 is 0 Å². The number of unbranched alkanes of at least 4 members (excludes halogenated alkanes) is 3. The molecular formula is C20H32F2O5. The highest BCUT2D eigenvalue weighted by atomic mass is 19.3. The van der Waals surface area contributed by atoms with E-state index in [0.717, 1.165) is 0 Å². The molecular weight excluding hydrogens is 358 g/mol. The number of hydrogen-bond donors (Lipinski definition) is 2. The number of aliphatic hydroxyl groups excluding tert-OH is 1. The number of carbonyl (C=O) groups excluding carboxylic acids is 2. The van der Waals surface area contributed by atoms with Gasteiger partial charge >= 0.3 is 11.9 Å². The molecule has 0 unspecified atom stereocenters. The molecule has 1 rings (SSSR count). The second-order valence-corrected chi connectivity index (χ2v) is 7.00. The first-order valence-corrected chi connectivity index (χ1v) is 9.17. The van der Waals surface area contributed by atoms with Crippen molar-refractivity contribution in [2.45, 2.75) is 95.8 Å². The van der Waals surface area contributed by atoms with Crippen LogP contribution in [0.15, 0.2) is 0 Å². The van der Waals surface area contributed by atoms with E-state index in [1.807, 2.05) is 0 Å². The van der Waals surface area contributed by atoms with Gasteiger partial charge in [-0.3, -0.25) is 14.4 Å². The van der Waals surface area contributed by atoms with Gasteiger partial charge in [-0.2, -0.15) is 8.78 Å². The van der Waals surface area contributed by atoms with Gasteiger partial charge in [0, 0.05) is 41.2 Å². The van der Waals surface area contributed by atoms with Crippen molar-refractivity contribution < 1.29 is 43.0 Å². The van der Waals surface area contributed by atoms with Crippen molar-refractivity contribution in [1.82, 2.24) is 0 Å². The highest BCUT2D eigenvalue weighted by Crippen LogP contribution is 2.37. The Morgan fingerprint density at radius 2 is 1.93 bits per heavy atom. The number of aliphatic carboxylic acids is 1. The zero-order valence-electron chi connectivity index (χ0n) is 22.2. The lowest BCUT2D eigenvalue weighted by Crippen LogP contribution is -2.30. The van der Waals surface area contributed by atoms with E-state index in [1.54, 1.807) is 0 Å². The average Bonchev–Trinajstić information content (AvgIpc) is 2.93. The van der Waals surface area contributed by atoms with E-state index in [2.05, 4.69) is 0 Å².